The summed E-state index contributed by atoms with van der Waals surface area (Å²) < 4.78 is 0. The molecule has 1 aromatic carbocycles. The molecule has 1 aliphatic rings. The number of rotatable bonds is 5. The van der Waals surface area contributed by atoms with Gasteiger partial charge in [-0.25, -0.2) is 9.59 Å². The highest BCUT2D eigenvalue weighted by molar-refractivity contribution is 7.99. The van der Waals surface area contributed by atoms with Crippen molar-refractivity contribution in [2.45, 2.75) is 37.5 Å². The first-order chi connectivity index (χ1) is 10.1. The Kier molecular flexibility index (Phi) is 5.50. The van der Waals surface area contributed by atoms with Crippen molar-refractivity contribution >= 4 is 29.4 Å². The highest BCUT2D eigenvalue weighted by Gasteiger charge is 2.25. The molecule has 5 nitrogen and oxygen atoms in total. The van der Waals surface area contributed by atoms with Crippen LogP contribution in [0.25, 0.3) is 0 Å². The lowest BCUT2D eigenvalue weighted by Crippen LogP contribution is -2.36. The van der Waals surface area contributed by atoms with Gasteiger partial charge in [0.25, 0.3) is 0 Å². The van der Waals surface area contributed by atoms with Crippen molar-refractivity contribution in [1.82, 2.24) is 5.32 Å². The van der Waals surface area contributed by atoms with Gasteiger partial charge in [-0.15, -0.1) is 0 Å². The minimum atomic E-state index is -0.976. The molecule has 1 aliphatic carbocycles. The molecule has 2 atom stereocenters. The van der Waals surface area contributed by atoms with Gasteiger partial charge in [0.1, 0.15) is 0 Å². The molecule has 6 heteroatoms. The molecule has 2 rings (SSSR count). The van der Waals surface area contributed by atoms with E-state index >= 15 is 0 Å². The van der Waals surface area contributed by atoms with Crippen LogP contribution in [0.4, 0.5) is 10.5 Å². The summed E-state index contributed by atoms with van der Waals surface area (Å²) >= 11 is 1.95. The van der Waals surface area contributed by atoms with E-state index < -0.39 is 5.97 Å². The van der Waals surface area contributed by atoms with E-state index in [-0.39, 0.29) is 17.6 Å². The van der Waals surface area contributed by atoms with Gasteiger partial charge in [-0.05, 0) is 49.3 Å². The predicted octanol–water partition coefficient (Wildman–Crippen LogP) is 3.18. The van der Waals surface area contributed by atoms with Crippen molar-refractivity contribution in [1.29, 1.82) is 0 Å². The number of carboxylic acids is 1. The molecule has 3 N–H and O–H groups in total. The van der Waals surface area contributed by atoms with Crippen LogP contribution in [0.15, 0.2) is 24.3 Å². The predicted molar refractivity (Wildman–Crippen MR) is 85.1 cm³/mol. The molecule has 2 unspecified atom stereocenters. The van der Waals surface area contributed by atoms with E-state index in [0.29, 0.717) is 10.9 Å². The van der Waals surface area contributed by atoms with Crippen LogP contribution in [-0.4, -0.2) is 34.2 Å². The third kappa shape index (κ3) is 4.67. The minimum absolute atomic E-state index is 0.205. The number of anilines is 1. The fourth-order valence-electron chi connectivity index (χ4n) is 2.51. The number of aromatic carboxylic acids is 1. The Morgan fingerprint density at radius 3 is 2.62 bits per heavy atom. The number of urea groups is 1. The molecule has 0 aromatic heterocycles. The van der Waals surface area contributed by atoms with Gasteiger partial charge in [0.15, 0.2) is 0 Å². The van der Waals surface area contributed by atoms with Gasteiger partial charge in [-0.1, -0.05) is 6.92 Å². The molecule has 2 amide bonds. The molecule has 0 aliphatic heterocycles. The SMILES string of the molecule is CCSC1CCC(NC(=O)Nc2ccc(C(=O)O)cc2)C1. The molecule has 0 spiro atoms. The average molecular weight is 308 g/mol. The molecule has 0 saturated heterocycles. The van der Waals surface area contributed by atoms with E-state index in [1.54, 1.807) is 12.1 Å². The van der Waals surface area contributed by atoms with Crippen LogP contribution >= 0.6 is 11.8 Å². The summed E-state index contributed by atoms with van der Waals surface area (Å²) in [5.41, 5.74) is 0.797. The Labute approximate surface area is 128 Å². The number of carboxylic acid groups (broad SMARTS) is 1. The Bertz CT molecular complexity index is 504. The molecule has 21 heavy (non-hydrogen) atoms. The number of carbonyl (C=O) groups excluding carboxylic acids is 1. The standard InChI is InChI=1S/C15H20N2O3S/c1-2-21-13-8-7-12(9-13)17-15(20)16-11-5-3-10(4-6-11)14(18)19/h3-6,12-13H,2,7-9H2,1H3,(H,18,19)(H2,16,17,20). The maximum Gasteiger partial charge on any atom is 0.335 e. The monoisotopic (exact) mass is 308 g/mol. The zero-order valence-corrected chi connectivity index (χ0v) is 12.8. The van der Waals surface area contributed by atoms with Crippen LogP contribution in [0.5, 0.6) is 0 Å². The highest BCUT2D eigenvalue weighted by Crippen LogP contribution is 2.29. The Balaban J connectivity index is 1.80. The number of carbonyl (C=O) groups is 2. The third-order valence-corrected chi connectivity index (χ3v) is 4.74. The molecule has 0 heterocycles. The van der Waals surface area contributed by atoms with Crippen molar-refractivity contribution in [3.8, 4) is 0 Å². The molecule has 0 bridgehead atoms. The topological polar surface area (TPSA) is 78.4 Å². The van der Waals surface area contributed by atoms with Crippen molar-refractivity contribution in [3.05, 3.63) is 29.8 Å². The number of amides is 2. The quantitative estimate of drug-likeness (QED) is 0.780. The molecular weight excluding hydrogens is 288 g/mol. The van der Waals surface area contributed by atoms with Gasteiger partial charge in [-0.2, -0.15) is 11.8 Å². The molecule has 1 aromatic rings. The number of hydrogen-bond donors (Lipinski definition) is 3. The first-order valence-corrected chi connectivity index (χ1v) is 8.16. The van der Waals surface area contributed by atoms with Gasteiger partial charge in [0.05, 0.1) is 5.56 Å². The third-order valence-electron chi connectivity index (χ3n) is 3.51. The molecule has 1 saturated carbocycles. The van der Waals surface area contributed by atoms with Gasteiger partial charge < -0.3 is 15.7 Å². The van der Waals surface area contributed by atoms with Crippen LogP contribution in [0.1, 0.15) is 36.5 Å². The van der Waals surface area contributed by atoms with Gasteiger partial charge >= 0.3 is 12.0 Å². The molecule has 0 radical (unpaired) electrons. The smallest absolute Gasteiger partial charge is 0.335 e. The van der Waals surface area contributed by atoms with Crippen LogP contribution in [0.3, 0.4) is 0 Å². The maximum atomic E-state index is 11.9. The van der Waals surface area contributed by atoms with E-state index in [9.17, 15) is 9.59 Å². The zero-order valence-electron chi connectivity index (χ0n) is 12.0. The summed E-state index contributed by atoms with van der Waals surface area (Å²) in [5.74, 6) is 0.135. The second-order valence-corrected chi connectivity index (χ2v) is 6.65. The van der Waals surface area contributed by atoms with E-state index in [0.717, 1.165) is 25.0 Å². The Morgan fingerprint density at radius 1 is 1.29 bits per heavy atom. The summed E-state index contributed by atoms with van der Waals surface area (Å²) in [7, 11) is 0. The van der Waals surface area contributed by atoms with E-state index in [1.165, 1.54) is 12.1 Å². The fourth-order valence-corrected chi connectivity index (χ4v) is 3.65. The van der Waals surface area contributed by atoms with Crippen molar-refractivity contribution in [2.24, 2.45) is 0 Å². The number of benzene rings is 1. The van der Waals surface area contributed by atoms with Crippen molar-refractivity contribution in [3.63, 3.8) is 0 Å². The van der Waals surface area contributed by atoms with Crippen molar-refractivity contribution < 1.29 is 14.7 Å². The lowest BCUT2D eigenvalue weighted by molar-refractivity contribution is 0.0697. The Morgan fingerprint density at radius 2 is 2.00 bits per heavy atom. The first-order valence-electron chi connectivity index (χ1n) is 7.11. The van der Waals surface area contributed by atoms with Crippen LogP contribution in [-0.2, 0) is 0 Å². The summed E-state index contributed by atoms with van der Waals surface area (Å²) in [5, 5.41) is 15.2. The van der Waals surface area contributed by atoms with E-state index in [1.807, 2.05) is 11.8 Å². The molecule has 114 valence electrons. The molecular formula is C15H20N2O3S. The summed E-state index contributed by atoms with van der Waals surface area (Å²) in [4.78, 5) is 22.7. The summed E-state index contributed by atoms with van der Waals surface area (Å²) in [6.45, 7) is 2.15. The lowest BCUT2D eigenvalue weighted by Gasteiger charge is -2.14. The van der Waals surface area contributed by atoms with Gasteiger partial charge in [-0.3, -0.25) is 0 Å². The second-order valence-electron chi connectivity index (χ2n) is 5.07. The first kappa shape index (κ1) is 15.7. The van der Waals surface area contributed by atoms with Gasteiger partial charge in [0, 0.05) is 17.0 Å². The summed E-state index contributed by atoms with van der Waals surface area (Å²) in [6, 6.07) is 6.13. The largest absolute Gasteiger partial charge is 0.478 e. The lowest BCUT2D eigenvalue weighted by atomic mass is 10.2. The normalized spacial score (nSPS) is 21.0. The fraction of sp³-hybridized carbons (Fsp3) is 0.467. The van der Waals surface area contributed by atoms with E-state index in [2.05, 4.69) is 17.6 Å². The van der Waals surface area contributed by atoms with Crippen molar-refractivity contribution in [2.75, 3.05) is 11.1 Å². The average Bonchev–Trinajstić information content (AvgIpc) is 2.87. The highest BCUT2D eigenvalue weighted by atomic mass is 32.2. The number of thioether (sulfide) groups is 1. The maximum absolute atomic E-state index is 11.9. The number of hydrogen-bond acceptors (Lipinski definition) is 3. The summed E-state index contributed by atoms with van der Waals surface area (Å²) in [6.07, 6.45) is 3.18. The Hall–Kier alpha value is -1.69. The van der Waals surface area contributed by atoms with E-state index in [4.69, 9.17) is 5.11 Å². The minimum Gasteiger partial charge on any atom is -0.478 e. The van der Waals surface area contributed by atoms with Crippen LogP contribution in [0.2, 0.25) is 0 Å². The van der Waals surface area contributed by atoms with Crippen LogP contribution < -0.4 is 10.6 Å². The second kappa shape index (κ2) is 7.36. The van der Waals surface area contributed by atoms with Crippen LogP contribution in [0, 0.1) is 0 Å². The molecule has 1 fully saturated rings. The zero-order chi connectivity index (χ0) is 15.2. The van der Waals surface area contributed by atoms with Gasteiger partial charge in [0.2, 0.25) is 0 Å². The number of nitrogens with one attached hydrogen (secondary N) is 2.